The van der Waals surface area contributed by atoms with E-state index < -0.39 is 23.5 Å². The number of hydrogen-bond acceptors (Lipinski definition) is 8. The average Bonchev–Trinajstić information content (AvgIpc) is 2.97. The number of carbonyl (C=O) groups is 1. The van der Waals surface area contributed by atoms with Gasteiger partial charge in [-0.2, -0.15) is 5.26 Å². The zero-order chi connectivity index (χ0) is 28.9. The third-order valence-electron chi connectivity index (χ3n) is 8.08. The molecule has 0 aliphatic carbocycles. The van der Waals surface area contributed by atoms with Crippen molar-refractivity contribution in [3.8, 4) is 23.1 Å². The van der Waals surface area contributed by atoms with Gasteiger partial charge in [-0.3, -0.25) is 9.88 Å². The Bertz CT molecular complexity index is 1450. The van der Waals surface area contributed by atoms with Crippen LogP contribution in [0.2, 0.25) is 0 Å². The smallest absolute Gasteiger partial charge is 0.550 e. The molecule has 3 aromatic rings. The van der Waals surface area contributed by atoms with E-state index in [-0.39, 0.29) is 47.5 Å². The maximum absolute atomic E-state index is 15.1. The number of aliphatic carboxylic acids is 1. The molecule has 1 aromatic carbocycles. The number of carboxylic acids is 1. The molecule has 0 bridgehead atoms. The zero-order valence-electron chi connectivity index (χ0n) is 24.0. The fraction of sp³-hybridized carbons (Fsp3) is 0.419. The maximum atomic E-state index is 15.1. The summed E-state index contributed by atoms with van der Waals surface area (Å²) in [6.07, 6.45) is 4.53. The van der Waals surface area contributed by atoms with E-state index in [0.717, 1.165) is 48.8 Å². The van der Waals surface area contributed by atoms with Crippen molar-refractivity contribution in [2.75, 3.05) is 37.6 Å². The minimum Gasteiger partial charge on any atom is -0.550 e. The molecule has 0 radical (unpaired) electrons. The fourth-order valence-corrected chi connectivity index (χ4v) is 5.61. The molecule has 2 aromatic heterocycles. The van der Waals surface area contributed by atoms with Gasteiger partial charge in [0.2, 0.25) is 0 Å². The molecule has 0 saturated carbocycles. The first-order chi connectivity index (χ1) is 19.8. The van der Waals surface area contributed by atoms with Crippen LogP contribution in [0.25, 0.3) is 11.3 Å². The van der Waals surface area contributed by atoms with E-state index in [2.05, 4.69) is 20.9 Å². The first-order valence-corrected chi connectivity index (χ1v) is 13.9. The fourth-order valence-electron chi connectivity index (χ4n) is 5.61. The van der Waals surface area contributed by atoms with Gasteiger partial charge in [0.1, 0.15) is 18.2 Å². The molecule has 42 heavy (non-hydrogen) atoms. The van der Waals surface area contributed by atoms with Crippen LogP contribution >= 0.6 is 0 Å². The summed E-state index contributed by atoms with van der Waals surface area (Å²) in [4.78, 5) is 24.6. The van der Waals surface area contributed by atoms with Crippen LogP contribution in [0.5, 0.6) is 5.75 Å². The molecule has 5 rings (SSSR count). The van der Waals surface area contributed by atoms with Gasteiger partial charge in [0, 0.05) is 60.0 Å². The second kappa shape index (κ2) is 14.4. The number of piperidine rings is 2. The molecule has 4 heterocycles. The van der Waals surface area contributed by atoms with E-state index in [1.807, 2.05) is 17.9 Å². The summed E-state index contributed by atoms with van der Waals surface area (Å²) < 4.78 is 35.4. The summed E-state index contributed by atoms with van der Waals surface area (Å²) in [6.45, 7) is 5.18. The summed E-state index contributed by atoms with van der Waals surface area (Å²) in [5, 5.41) is 20.1. The van der Waals surface area contributed by atoms with Gasteiger partial charge < -0.3 is 19.5 Å². The molecule has 11 heteroatoms. The molecule has 0 N–H and O–H groups in total. The Labute approximate surface area is 266 Å². The molecule has 2 fully saturated rings. The van der Waals surface area contributed by atoms with Gasteiger partial charge in [0.15, 0.2) is 11.6 Å². The number of nitriles is 1. The molecule has 0 amide bonds. The van der Waals surface area contributed by atoms with Crippen LogP contribution in [0.4, 0.5) is 14.6 Å². The number of likely N-dealkylation sites (tertiary alicyclic amines) is 1. The topological polar surface area (TPSA) is 105 Å². The van der Waals surface area contributed by atoms with Crippen molar-refractivity contribution < 1.29 is 53.0 Å². The van der Waals surface area contributed by atoms with Gasteiger partial charge in [-0.25, -0.2) is 13.8 Å². The Kier molecular flexibility index (Phi) is 10.9. The number of carbonyl (C=O) groups excluding carboxylic acids is 1. The molecular formula is C31H32F2N5NaO3. The standard InChI is InChI=1S/C31H33F2N5O3.Na/c1-20-15-28(21-5-10-37(11-6-21)14-9-34)35-18-23(20)19-41-30-25(16-24(32)17-26(30)33)27-3-2-4-29(36-27)38-12-7-22(8-13-38)31(39)40;/h2-4,15-18,21-22H,5-8,10-14,19H2,1H3,(H,39,40);/q;+1/p-1. The monoisotopic (exact) mass is 583 g/mol. The molecule has 0 spiro atoms. The van der Waals surface area contributed by atoms with Gasteiger partial charge in [-0.05, 0) is 75.5 Å². The van der Waals surface area contributed by atoms with E-state index in [0.29, 0.717) is 49.9 Å². The van der Waals surface area contributed by atoms with Crippen LogP contribution in [0, 0.1) is 35.8 Å². The third-order valence-corrected chi connectivity index (χ3v) is 8.08. The largest absolute Gasteiger partial charge is 1.00 e. The second-order valence-electron chi connectivity index (χ2n) is 10.8. The quantitative estimate of drug-likeness (QED) is 0.286. The van der Waals surface area contributed by atoms with E-state index >= 15 is 4.39 Å². The van der Waals surface area contributed by atoms with Crippen LogP contribution in [-0.4, -0.2) is 53.6 Å². The summed E-state index contributed by atoms with van der Waals surface area (Å²) >= 11 is 0. The molecule has 2 aliphatic heterocycles. The number of aromatic nitrogens is 2. The summed E-state index contributed by atoms with van der Waals surface area (Å²) in [7, 11) is 0. The van der Waals surface area contributed by atoms with Crippen LogP contribution in [0.15, 0.2) is 42.6 Å². The number of anilines is 1. The number of rotatable bonds is 8. The number of ether oxygens (including phenoxy) is 1. The Morgan fingerprint density at radius 1 is 1.12 bits per heavy atom. The minimum atomic E-state index is -1.04. The van der Waals surface area contributed by atoms with Gasteiger partial charge in [0.05, 0.1) is 18.3 Å². The van der Waals surface area contributed by atoms with Crippen molar-refractivity contribution in [2.45, 2.75) is 45.1 Å². The SMILES string of the molecule is Cc1cc(C2CCN(CC#N)CC2)ncc1COc1c(F)cc(F)cc1-c1cccc(N2CCC(C(=O)[O-])CC2)n1.[Na+]. The predicted molar refractivity (Wildman–Crippen MR) is 147 cm³/mol. The second-order valence-corrected chi connectivity index (χ2v) is 10.8. The van der Waals surface area contributed by atoms with E-state index in [4.69, 9.17) is 10.00 Å². The van der Waals surface area contributed by atoms with Crippen molar-refractivity contribution >= 4 is 11.8 Å². The minimum absolute atomic E-state index is 0. The number of benzene rings is 1. The van der Waals surface area contributed by atoms with Crippen molar-refractivity contribution in [3.63, 3.8) is 0 Å². The third kappa shape index (κ3) is 7.45. The van der Waals surface area contributed by atoms with Gasteiger partial charge >= 0.3 is 29.6 Å². The van der Waals surface area contributed by atoms with Gasteiger partial charge in [-0.15, -0.1) is 0 Å². The average molecular weight is 584 g/mol. The Morgan fingerprint density at radius 3 is 2.52 bits per heavy atom. The number of aryl methyl sites for hydroxylation is 1. The molecule has 214 valence electrons. The number of carboxylic acid groups (broad SMARTS) is 1. The summed E-state index contributed by atoms with van der Waals surface area (Å²) in [6, 6.07) is 11.5. The maximum Gasteiger partial charge on any atom is 1.00 e. The van der Waals surface area contributed by atoms with Crippen LogP contribution in [-0.2, 0) is 11.4 Å². The van der Waals surface area contributed by atoms with Crippen LogP contribution < -0.4 is 44.3 Å². The van der Waals surface area contributed by atoms with E-state index in [9.17, 15) is 14.3 Å². The Morgan fingerprint density at radius 2 is 1.86 bits per heavy atom. The van der Waals surface area contributed by atoms with Crippen molar-refractivity contribution in [3.05, 3.63) is 71.1 Å². The van der Waals surface area contributed by atoms with Crippen LogP contribution in [0.1, 0.15) is 48.4 Å². The predicted octanol–water partition coefficient (Wildman–Crippen LogP) is 0.983. The Hall–Kier alpha value is -3.10. The number of hydrogen-bond donors (Lipinski definition) is 0. The van der Waals surface area contributed by atoms with Gasteiger partial charge in [0.25, 0.3) is 0 Å². The van der Waals surface area contributed by atoms with E-state index in [1.54, 1.807) is 24.4 Å². The Balaban J connectivity index is 0.00000405. The van der Waals surface area contributed by atoms with Crippen molar-refractivity contribution in [1.82, 2.24) is 14.9 Å². The molecule has 0 unspecified atom stereocenters. The first kappa shape index (κ1) is 31.8. The van der Waals surface area contributed by atoms with E-state index in [1.165, 1.54) is 6.07 Å². The number of nitrogens with zero attached hydrogens (tertiary/aromatic N) is 5. The summed E-state index contributed by atoms with van der Waals surface area (Å²) in [5.74, 6) is -2.26. The molecule has 2 saturated heterocycles. The molecule has 0 atom stereocenters. The summed E-state index contributed by atoms with van der Waals surface area (Å²) in [5.41, 5.74) is 3.31. The molecule has 8 nitrogen and oxygen atoms in total. The van der Waals surface area contributed by atoms with Crippen molar-refractivity contribution in [2.24, 2.45) is 5.92 Å². The number of halogens is 2. The molecular weight excluding hydrogens is 551 g/mol. The molecule has 2 aliphatic rings. The number of pyridine rings is 2. The van der Waals surface area contributed by atoms with Crippen molar-refractivity contribution in [1.29, 1.82) is 5.26 Å². The van der Waals surface area contributed by atoms with Gasteiger partial charge in [-0.1, -0.05) is 6.07 Å². The van der Waals surface area contributed by atoms with Crippen LogP contribution in [0.3, 0.4) is 0 Å². The first-order valence-electron chi connectivity index (χ1n) is 13.9. The normalized spacial score (nSPS) is 16.5. The zero-order valence-corrected chi connectivity index (χ0v) is 26.0.